The van der Waals surface area contributed by atoms with Gasteiger partial charge in [-0.1, -0.05) is 27.7 Å². The van der Waals surface area contributed by atoms with Crippen LogP contribution in [0.25, 0.3) is 0 Å². The molecule has 106 valence electrons. The molecule has 1 heterocycles. The number of hydrogen-bond acceptors (Lipinski definition) is 3. The Hall–Kier alpha value is -0.540. The van der Waals surface area contributed by atoms with Crippen LogP contribution in [0.4, 0.5) is 0 Å². The molecular weight excluding hydrogens is 228 g/mol. The molecule has 0 bridgehead atoms. The average molecular weight is 256 g/mol. The highest BCUT2D eigenvalue weighted by Crippen LogP contribution is 2.25. The van der Waals surface area contributed by atoms with Crippen molar-refractivity contribution in [1.82, 2.24) is 0 Å². The number of aliphatic hydroxyl groups is 1. The lowest BCUT2D eigenvalue weighted by Crippen LogP contribution is -2.32. The second-order valence-corrected chi connectivity index (χ2v) is 5.66. The normalized spacial score (nSPS) is 25.5. The van der Waals surface area contributed by atoms with Crippen LogP contribution in [0.3, 0.4) is 0 Å². The third-order valence-corrected chi connectivity index (χ3v) is 3.90. The highest BCUT2D eigenvalue weighted by atomic mass is 16.5. The molecule has 4 atom stereocenters. The predicted octanol–water partition coefficient (Wildman–Crippen LogP) is 3.13. The van der Waals surface area contributed by atoms with Crippen molar-refractivity contribution in [3.8, 4) is 0 Å². The zero-order chi connectivity index (χ0) is 13.7. The van der Waals surface area contributed by atoms with Gasteiger partial charge in [0.05, 0.1) is 12.2 Å². The van der Waals surface area contributed by atoms with Crippen molar-refractivity contribution < 1.29 is 14.6 Å². The maximum atomic E-state index is 9.56. The van der Waals surface area contributed by atoms with Crippen molar-refractivity contribution in [3.63, 3.8) is 0 Å². The van der Waals surface area contributed by atoms with Crippen LogP contribution in [0, 0.1) is 11.8 Å². The van der Waals surface area contributed by atoms with Gasteiger partial charge in [0.25, 0.3) is 0 Å². The van der Waals surface area contributed by atoms with Crippen LogP contribution in [-0.2, 0) is 9.47 Å². The van der Waals surface area contributed by atoms with Crippen molar-refractivity contribution in [1.29, 1.82) is 0 Å². The van der Waals surface area contributed by atoms with Gasteiger partial charge in [-0.25, -0.2) is 0 Å². The molecule has 0 aromatic rings. The summed E-state index contributed by atoms with van der Waals surface area (Å²) >= 11 is 0. The van der Waals surface area contributed by atoms with Crippen LogP contribution < -0.4 is 0 Å². The molecule has 1 aliphatic rings. The quantitative estimate of drug-likeness (QED) is 0.793. The topological polar surface area (TPSA) is 38.7 Å². The van der Waals surface area contributed by atoms with Crippen molar-refractivity contribution >= 4 is 0 Å². The first kappa shape index (κ1) is 15.5. The summed E-state index contributed by atoms with van der Waals surface area (Å²) in [6.07, 6.45) is 3.57. The lowest BCUT2D eigenvalue weighted by atomic mass is 9.89. The summed E-state index contributed by atoms with van der Waals surface area (Å²) in [5.74, 6) is 2.06. The van der Waals surface area contributed by atoms with Crippen molar-refractivity contribution in [2.75, 3.05) is 6.61 Å². The Morgan fingerprint density at radius 3 is 2.44 bits per heavy atom. The smallest absolute Gasteiger partial charge is 0.124 e. The molecule has 0 aliphatic carbocycles. The standard InChI is InChI=1S/C15H28O3/c1-6-14(12(5)16)18-13-7-8-15(17-9-13)11(4)10(2)3/h7,10-12,14-16H,6,8-9H2,1-5H3. The maximum absolute atomic E-state index is 9.56. The molecule has 0 amide bonds. The van der Waals surface area contributed by atoms with E-state index in [9.17, 15) is 5.11 Å². The molecular formula is C15H28O3. The first-order chi connectivity index (χ1) is 8.45. The van der Waals surface area contributed by atoms with Crippen LogP contribution >= 0.6 is 0 Å². The molecule has 3 nitrogen and oxygen atoms in total. The summed E-state index contributed by atoms with van der Waals surface area (Å²) in [5.41, 5.74) is 0. The largest absolute Gasteiger partial charge is 0.490 e. The van der Waals surface area contributed by atoms with E-state index in [1.807, 2.05) is 6.92 Å². The van der Waals surface area contributed by atoms with E-state index in [1.54, 1.807) is 6.92 Å². The highest BCUT2D eigenvalue weighted by Gasteiger charge is 2.25. The molecule has 1 aliphatic heterocycles. The van der Waals surface area contributed by atoms with E-state index in [0.717, 1.165) is 18.6 Å². The number of rotatable bonds is 6. The number of hydrogen-bond donors (Lipinski definition) is 1. The lowest BCUT2D eigenvalue weighted by molar-refractivity contribution is -0.0482. The van der Waals surface area contributed by atoms with Crippen LogP contribution in [0.5, 0.6) is 0 Å². The molecule has 0 aromatic heterocycles. The minimum atomic E-state index is -0.441. The monoisotopic (exact) mass is 256 g/mol. The maximum Gasteiger partial charge on any atom is 0.124 e. The van der Waals surface area contributed by atoms with Gasteiger partial charge in [0.15, 0.2) is 0 Å². The molecule has 3 heteroatoms. The summed E-state index contributed by atoms with van der Waals surface area (Å²) in [6.45, 7) is 11.0. The Labute approximate surface area is 111 Å². The first-order valence-corrected chi connectivity index (χ1v) is 7.11. The van der Waals surface area contributed by atoms with Gasteiger partial charge in [0, 0.05) is 0 Å². The van der Waals surface area contributed by atoms with Crippen molar-refractivity contribution in [2.45, 2.75) is 65.8 Å². The summed E-state index contributed by atoms with van der Waals surface area (Å²) in [4.78, 5) is 0. The molecule has 0 saturated heterocycles. The van der Waals surface area contributed by atoms with Crippen LogP contribution in [0.15, 0.2) is 11.8 Å². The Kier molecular flexibility index (Phi) is 6.16. The fourth-order valence-electron chi connectivity index (χ4n) is 2.16. The Morgan fingerprint density at radius 1 is 1.39 bits per heavy atom. The minimum Gasteiger partial charge on any atom is -0.490 e. The van der Waals surface area contributed by atoms with Crippen molar-refractivity contribution in [3.05, 3.63) is 11.8 Å². The zero-order valence-electron chi connectivity index (χ0n) is 12.3. The Balaban J connectivity index is 2.48. The summed E-state index contributed by atoms with van der Waals surface area (Å²) in [6, 6.07) is 0. The minimum absolute atomic E-state index is 0.126. The zero-order valence-corrected chi connectivity index (χ0v) is 12.3. The van der Waals surface area contributed by atoms with E-state index < -0.39 is 6.10 Å². The van der Waals surface area contributed by atoms with Gasteiger partial charge < -0.3 is 14.6 Å². The van der Waals surface area contributed by atoms with E-state index in [2.05, 4.69) is 26.8 Å². The first-order valence-electron chi connectivity index (χ1n) is 7.11. The molecule has 0 saturated carbocycles. The molecule has 0 radical (unpaired) electrons. The second-order valence-electron chi connectivity index (χ2n) is 5.66. The molecule has 0 fully saturated rings. The van der Waals surface area contributed by atoms with Gasteiger partial charge in [-0.05, 0) is 37.7 Å². The fourth-order valence-corrected chi connectivity index (χ4v) is 2.16. The average Bonchev–Trinajstić information content (AvgIpc) is 2.35. The van der Waals surface area contributed by atoms with E-state index in [4.69, 9.17) is 9.47 Å². The third kappa shape index (κ3) is 4.29. The fraction of sp³-hybridized carbons (Fsp3) is 0.867. The molecule has 1 rings (SSSR count). The summed E-state index contributed by atoms with van der Waals surface area (Å²) in [5, 5.41) is 9.56. The Morgan fingerprint density at radius 2 is 2.06 bits per heavy atom. The highest BCUT2D eigenvalue weighted by molar-refractivity contribution is 5.00. The van der Waals surface area contributed by atoms with E-state index in [-0.39, 0.29) is 6.10 Å². The van der Waals surface area contributed by atoms with Crippen molar-refractivity contribution in [2.24, 2.45) is 11.8 Å². The molecule has 0 spiro atoms. The second kappa shape index (κ2) is 7.15. The lowest BCUT2D eigenvalue weighted by Gasteiger charge is -2.31. The number of ether oxygens (including phenoxy) is 2. The SMILES string of the molecule is CCC(OC1=CCC(C(C)C(C)C)OC1)C(C)O. The van der Waals surface area contributed by atoms with E-state index >= 15 is 0 Å². The third-order valence-electron chi connectivity index (χ3n) is 3.90. The number of aliphatic hydroxyl groups excluding tert-OH is 1. The van der Waals surface area contributed by atoms with E-state index in [0.29, 0.717) is 24.5 Å². The van der Waals surface area contributed by atoms with Crippen LogP contribution in [-0.4, -0.2) is 30.0 Å². The van der Waals surface area contributed by atoms with Gasteiger partial charge in [-0.3, -0.25) is 0 Å². The molecule has 0 aromatic carbocycles. The van der Waals surface area contributed by atoms with Crippen LogP contribution in [0.1, 0.15) is 47.5 Å². The molecule has 4 unspecified atom stereocenters. The molecule has 18 heavy (non-hydrogen) atoms. The van der Waals surface area contributed by atoms with Gasteiger partial charge in [0.2, 0.25) is 0 Å². The summed E-state index contributed by atoms with van der Waals surface area (Å²) in [7, 11) is 0. The summed E-state index contributed by atoms with van der Waals surface area (Å²) < 4.78 is 11.6. The van der Waals surface area contributed by atoms with Gasteiger partial charge in [0.1, 0.15) is 18.5 Å². The van der Waals surface area contributed by atoms with Gasteiger partial charge in [-0.2, -0.15) is 0 Å². The Bertz CT molecular complexity index is 271. The molecule has 1 N–H and O–H groups in total. The van der Waals surface area contributed by atoms with Crippen LogP contribution in [0.2, 0.25) is 0 Å². The van der Waals surface area contributed by atoms with Gasteiger partial charge >= 0.3 is 0 Å². The van der Waals surface area contributed by atoms with Gasteiger partial charge in [-0.15, -0.1) is 0 Å². The predicted molar refractivity (Wildman–Crippen MR) is 73.3 cm³/mol. The van der Waals surface area contributed by atoms with E-state index in [1.165, 1.54) is 0 Å².